The van der Waals surface area contributed by atoms with Crippen molar-refractivity contribution in [2.24, 2.45) is 0 Å². The topological polar surface area (TPSA) is 44.3 Å². The fourth-order valence-corrected chi connectivity index (χ4v) is 10.4. The van der Waals surface area contributed by atoms with Crippen molar-refractivity contribution in [3.63, 3.8) is 0 Å². The van der Waals surface area contributed by atoms with Crippen LogP contribution in [-0.2, 0) is 5.41 Å². The number of hydrogen-bond donors (Lipinski definition) is 0. The maximum Gasteiger partial charge on any atom is 0.188 e. The molecule has 0 unspecified atom stereocenters. The second-order valence-corrected chi connectivity index (χ2v) is 16.8. The zero-order valence-electron chi connectivity index (χ0n) is 35.0. The summed E-state index contributed by atoms with van der Waals surface area (Å²) in [5, 5.41) is 2.13. The van der Waals surface area contributed by atoms with Crippen molar-refractivity contribution in [3.05, 3.63) is 252 Å². The molecular weight excluding hydrogens is 793 g/mol. The van der Waals surface area contributed by atoms with Gasteiger partial charge in [-0.05, 0) is 93.4 Å². The minimum Gasteiger partial charge on any atom is -0.457 e. The van der Waals surface area contributed by atoms with E-state index in [1.807, 2.05) is 54.6 Å². The smallest absolute Gasteiger partial charge is 0.188 e. The number of rotatable bonds is 5. The Hall–Kier alpha value is -8.85. The van der Waals surface area contributed by atoms with E-state index < -0.39 is 5.41 Å². The maximum atomic E-state index is 7.82. The Balaban J connectivity index is 1.02. The quantitative estimate of drug-likeness (QED) is 0.162. The van der Waals surface area contributed by atoms with Gasteiger partial charge in [0.25, 0.3) is 0 Å². The lowest BCUT2D eigenvalue weighted by molar-refractivity contribution is 0.437. The van der Waals surface area contributed by atoms with Gasteiger partial charge in [0.1, 0.15) is 11.5 Å². The minimum absolute atomic E-state index is 0.617. The van der Waals surface area contributed by atoms with Crippen LogP contribution in [0.3, 0.4) is 0 Å². The zero-order chi connectivity index (χ0) is 43.1. The second-order valence-electron chi connectivity index (χ2n) is 16.8. The molecular formula is C60H36N4O. The summed E-state index contributed by atoms with van der Waals surface area (Å²) in [6, 6.07) is 76.6. The minimum atomic E-state index is -0.641. The molecule has 2 aliphatic rings. The molecule has 1 spiro atoms. The molecule has 0 atom stereocenters. The molecule has 1 aliphatic heterocycles. The fourth-order valence-electron chi connectivity index (χ4n) is 10.4. The SMILES string of the molecule is [C-]#[N+]c1ccc2c(c1)c1cc(-c3ccc4c(c3)Oc3cc(-c5nc(-c6ccccc6)cc(-c6ccccc6)n5)ccc3C43c4ccccc4-c4ccccc43)ccc1n2-c1ccccc1. The molecule has 5 nitrogen and oxygen atoms in total. The standard InChI is InChI=1S/C60H36N4O/c1-61-43-28-32-56-48(36-43)47-33-40(27-31-55(47)64(56)44-19-9-4-10-20-44)41-25-29-51-57(34-41)65-58-35-42(26-30-52(58)60(51)49-23-13-11-21-45(49)46-22-12-14-24-50(46)60)59-62-53(38-15-5-2-6-16-38)37-54(63-59)39-17-7-3-8-18-39/h2-37H. The van der Waals surface area contributed by atoms with Gasteiger partial charge < -0.3 is 9.30 Å². The zero-order valence-corrected chi connectivity index (χ0v) is 35.0. The molecule has 13 rings (SSSR count). The molecule has 0 N–H and O–H groups in total. The Kier molecular flexibility index (Phi) is 8.12. The van der Waals surface area contributed by atoms with Crippen molar-refractivity contribution in [1.29, 1.82) is 0 Å². The molecule has 9 aromatic carbocycles. The summed E-state index contributed by atoms with van der Waals surface area (Å²) in [6.07, 6.45) is 0. The van der Waals surface area contributed by atoms with Crippen LogP contribution in [0.1, 0.15) is 22.3 Å². The highest BCUT2D eigenvalue weighted by Crippen LogP contribution is 2.62. The van der Waals surface area contributed by atoms with Crippen molar-refractivity contribution >= 4 is 27.5 Å². The molecule has 65 heavy (non-hydrogen) atoms. The predicted octanol–water partition coefficient (Wildman–Crippen LogP) is 15.3. The van der Waals surface area contributed by atoms with Crippen molar-refractivity contribution in [3.8, 4) is 73.3 Å². The highest BCUT2D eigenvalue weighted by Gasteiger charge is 2.51. The highest BCUT2D eigenvalue weighted by atomic mass is 16.5. The first-order chi connectivity index (χ1) is 32.2. The summed E-state index contributed by atoms with van der Waals surface area (Å²) in [4.78, 5) is 14.2. The third kappa shape index (κ3) is 5.58. The van der Waals surface area contributed by atoms with Crippen LogP contribution in [0.2, 0.25) is 0 Å². The molecule has 0 radical (unpaired) electrons. The second kappa shape index (κ2) is 14.4. The Labute approximate surface area is 376 Å². The van der Waals surface area contributed by atoms with Crippen molar-refractivity contribution < 1.29 is 4.74 Å². The van der Waals surface area contributed by atoms with Gasteiger partial charge in [0, 0.05) is 38.9 Å². The van der Waals surface area contributed by atoms with E-state index in [2.05, 4.69) is 173 Å². The normalized spacial score (nSPS) is 12.8. The fraction of sp³-hybridized carbons (Fsp3) is 0.0167. The average molecular weight is 829 g/mol. The van der Waals surface area contributed by atoms with E-state index in [9.17, 15) is 0 Å². The third-order valence-corrected chi connectivity index (χ3v) is 13.3. The lowest BCUT2D eigenvalue weighted by Gasteiger charge is -2.39. The van der Waals surface area contributed by atoms with Crippen LogP contribution in [0.15, 0.2) is 218 Å². The number of aromatic nitrogens is 3. The first kappa shape index (κ1) is 36.8. The Morgan fingerprint density at radius 3 is 1.52 bits per heavy atom. The van der Waals surface area contributed by atoms with Gasteiger partial charge in [0.2, 0.25) is 0 Å². The number of benzene rings is 9. The van der Waals surface area contributed by atoms with Gasteiger partial charge in [-0.2, -0.15) is 0 Å². The van der Waals surface area contributed by atoms with E-state index in [4.69, 9.17) is 21.3 Å². The summed E-state index contributed by atoms with van der Waals surface area (Å²) in [5.74, 6) is 2.19. The molecule has 0 saturated carbocycles. The van der Waals surface area contributed by atoms with E-state index in [-0.39, 0.29) is 0 Å². The predicted molar refractivity (Wildman–Crippen MR) is 262 cm³/mol. The number of para-hydroxylation sites is 1. The van der Waals surface area contributed by atoms with Gasteiger partial charge in [0.15, 0.2) is 11.5 Å². The first-order valence-corrected chi connectivity index (χ1v) is 21.8. The summed E-state index contributed by atoms with van der Waals surface area (Å²) >= 11 is 0. The third-order valence-electron chi connectivity index (χ3n) is 13.3. The molecule has 3 heterocycles. The van der Waals surface area contributed by atoms with Crippen LogP contribution in [-0.4, -0.2) is 14.5 Å². The van der Waals surface area contributed by atoms with Crippen LogP contribution in [0.25, 0.3) is 88.5 Å². The lowest BCUT2D eigenvalue weighted by atomic mass is 9.66. The maximum absolute atomic E-state index is 7.82. The molecule has 0 saturated heterocycles. The van der Waals surface area contributed by atoms with Crippen LogP contribution in [0.5, 0.6) is 11.5 Å². The Morgan fingerprint density at radius 1 is 0.415 bits per heavy atom. The van der Waals surface area contributed by atoms with Gasteiger partial charge in [-0.15, -0.1) is 0 Å². The van der Waals surface area contributed by atoms with E-state index in [0.717, 1.165) is 89.3 Å². The Morgan fingerprint density at radius 2 is 0.908 bits per heavy atom. The molecule has 2 aromatic heterocycles. The molecule has 0 bridgehead atoms. The Bertz CT molecular complexity index is 3650. The highest BCUT2D eigenvalue weighted by molar-refractivity contribution is 6.11. The lowest BCUT2D eigenvalue weighted by Crippen LogP contribution is -2.32. The number of nitrogens with zero attached hydrogens (tertiary/aromatic N) is 4. The summed E-state index contributed by atoms with van der Waals surface area (Å²) < 4.78 is 9.49. The van der Waals surface area contributed by atoms with Crippen LogP contribution in [0, 0.1) is 6.57 Å². The molecule has 5 heteroatoms. The summed E-state index contributed by atoms with van der Waals surface area (Å²) in [6.45, 7) is 7.82. The van der Waals surface area contributed by atoms with Gasteiger partial charge in [0.05, 0.1) is 34.4 Å². The van der Waals surface area contributed by atoms with Gasteiger partial charge in [-0.25, -0.2) is 14.8 Å². The molecule has 0 fully saturated rings. The van der Waals surface area contributed by atoms with Gasteiger partial charge in [-0.3, -0.25) is 0 Å². The largest absolute Gasteiger partial charge is 0.457 e. The van der Waals surface area contributed by atoms with Crippen LogP contribution in [0.4, 0.5) is 5.69 Å². The van der Waals surface area contributed by atoms with E-state index >= 15 is 0 Å². The van der Waals surface area contributed by atoms with E-state index in [1.165, 1.54) is 22.3 Å². The van der Waals surface area contributed by atoms with E-state index in [1.54, 1.807) is 0 Å². The monoisotopic (exact) mass is 828 g/mol. The molecule has 1 aliphatic carbocycles. The van der Waals surface area contributed by atoms with Crippen molar-refractivity contribution in [1.82, 2.24) is 14.5 Å². The molecule has 11 aromatic rings. The number of ether oxygens (including phenoxy) is 1. The van der Waals surface area contributed by atoms with Gasteiger partial charge >= 0.3 is 0 Å². The molecule has 0 amide bonds. The molecule has 302 valence electrons. The van der Waals surface area contributed by atoms with E-state index in [0.29, 0.717) is 11.5 Å². The van der Waals surface area contributed by atoms with Crippen molar-refractivity contribution in [2.45, 2.75) is 5.41 Å². The first-order valence-electron chi connectivity index (χ1n) is 21.8. The van der Waals surface area contributed by atoms with Crippen LogP contribution < -0.4 is 4.74 Å². The van der Waals surface area contributed by atoms with Crippen molar-refractivity contribution in [2.75, 3.05) is 0 Å². The summed E-state index contributed by atoms with van der Waals surface area (Å²) in [7, 11) is 0. The summed E-state index contributed by atoms with van der Waals surface area (Å²) in [5.41, 5.74) is 17.0. The average Bonchev–Trinajstić information content (AvgIpc) is 3.86. The van der Waals surface area contributed by atoms with Crippen LogP contribution >= 0.6 is 0 Å². The van der Waals surface area contributed by atoms with Gasteiger partial charge in [-0.1, -0.05) is 164 Å². The number of hydrogen-bond acceptors (Lipinski definition) is 3. The number of fused-ring (bicyclic) bond motifs is 12.